The van der Waals surface area contributed by atoms with Crippen LogP contribution >= 0.6 is 0 Å². The molecule has 24 heavy (non-hydrogen) atoms. The largest absolute Gasteiger partial charge is 0.376 e. The molecule has 3 aromatic rings. The molecule has 0 atom stereocenters. The number of aromatic nitrogens is 2. The Bertz CT molecular complexity index is 895. The summed E-state index contributed by atoms with van der Waals surface area (Å²) in [6.07, 6.45) is 0. The smallest absolute Gasteiger partial charge is 0.270 e. The SMILES string of the molecule is Cc1ccc(NCc2nc(-c3cccc([N+](=O)[O-])c3)no2)cc1F. The zero-order valence-electron chi connectivity index (χ0n) is 12.7. The van der Waals surface area contributed by atoms with Gasteiger partial charge in [-0.3, -0.25) is 10.1 Å². The summed E-state index contributed by atoms with van der Waals surface area (Å²) < 4.78 is 18.6. The number of aryl methyl sites for hydroxylation is 1. The predicted molar refractivity (Wildman–Crippen MR) is 84.9 cm³/mol. The van der Waals surface area contributed by atoms with Gasteiger partial charge in [-0.15, -0.1) is 0 Å². The first-order chi connectivity index (χ1) is 11.5. The van der Waals surface area contributed by atoms with Crippen molar-refractivity contribution >= 4 is 11.4 Å². The van der Waals surface area contributed by atoms with E-state index in [1.54, 1.807) is 31.2 Å². The average Bonchev–Trinajstić information content (AvgIpc) is 3.05. The number of nitro groups is 1. The summed E-state index contributed by atoms with van der Waals surface area (Å²) in [4.78, 5) is 14.5. The van der Waals surface area contributed by atoms with Gasteiger partial charge in [0.05, 0.1) is 11.5 Å². The van der Waals surface area contributed by atoms with Gasteiger partial charge in [-0.05, 0) is 24.6 Å². The van der Waals surface area contributed by atoms with Crippen molar-refractivity contribution in [3.63, 3.8) is 0 Å². The molecule has 0 aliphatic rings. The van der Waals surface area contributed by atoms with Crippen LogP contribution in [0.15, 0.2) is 47.0 Å². The highest BCUT2D eigenvalue weighted by molar-refractivity contribution is 5.58. The normalized spacial score (nSPS) is 10.6. The van der Waals surface area contributed by atoms with Crippen molar-refractivity contribution in [2.45, 2.75) is 13.5 Å². The van der Waals surface area contributed by atoms with Crippen molar-refractivity contribution in [2.75, 3.05) is 5.32 Å². The molecule has 0 spiro atoms. The van der Waals surface area contributed by atoms with Crippen molar-refractivity contribution in [1.29, 1.82) is 0 Å². The number of rotatable bonds is 5. The molecule has 0 unspecified atom stereocenters. The van der Waals surface area contributed by atoms with Gasteiger partial charge in [-0.25, -0.2) is 4.39 Å². The number of non-ortho nitro benzene ring substituents is 1. The van der Waals surface area contributed by atoms with E-state index in [2.05, 4.69) is 15.5 Å². The van der Waals surface area contributed by atoms with E-state index in [-0.39, 0.29) is 29.8 Å². The van der Waals surface area contributed by atoms with E-state index in [0.717, 1.165) is 0 Å². The summed E-state index contributed by atoms with van der Waals surface area (Å²) in [5.41, 5.74) is 1.59. The Hall–Kier alpha value is -3.29. The molecule has 0 saturated heterocycles. The van der Waals surface area contributed by atoms with Crippen LogP contribution in [0.2, 0.25) is 0 Å². The lowest BCUT2D eigenvalue weighted by molar-refractivity contribution is -0.384. The molecular weight excluding hydrogens is 315 g/mol. The molecule has 3 rings (SSSR count). The Morgan fingerprint density at radius 2 is 2.12 bits per heavy atom. The van der Waals surface area contributed by atoms with Crippen LogP contribution in [0, 0.1) is 22.9 Å². The fourth-order valence-corrected chi connectivity index (χ4v) is 2.08. The van der Waals surface area contributed by atoms with Crippen molar-refractivity contribution in [1.82, 2.24) is 10.1 Å². The van der Waals surface area contributed by atoms with E-state index in [0.29, 0.717) is 16.8 Å². The van der Waals surface area contributed by atoms with Crippen LogP contribution in [0.4, 0.5) is 15.8 Å². The van der Waals surface area contributed by atoms with E-state index >= 15 is 0 Å². The second-order valence-electron chi connectivity index (χ2n) is 5.14. The van der Waals surface area contributed by atoms with Crippen LogP contribution in [-0.2, 0) is 6.54 Å². The molecule has 0 bridgehead atoms. The number of hydrogen-bond donors (Lipinski definition) is 1. The van der Waals surface area contributed by atoms with Gasteiger partial charge in [-0.2, -0.15) is 4.98 Å². The molecular formula is C16H13FN4O3. The quantitative estimate of drug-likeness (QED) is 0.567. The van der Waals surface area contributed by atoms with Crippen LogP contribution in [0.25, 0.3) is 11.4 Å². The lowest BCUT2D eigenvalue weighted by Gasteiger charge is -2.04. The molecule has 1 aromatic heterocycles. The molecule has 2 aromatic carbocycles. The average molecular weight is 328 g/mol. The molecule has 1 N–H and O–H groups in total. The van der Waals surface area contributed by atoms with Gasteiger partial charge < -0.3 is 9.84 Å². The monoisotopic (exact) mass is 328 g/mol. The standard InChI is InChI=1S/C16H13FN4O3/c1-10-5-6-12(8-14(10)17)18-9-15-19-16(20-24-15)11-3-2-4-13(7-11)21(22)23/h2-8,18H,9H2,1H3. The molecule has 1 heterocycles. The summed E-state index contributed by atoms with van der Waals surface area (Å²) in [5, 5.41) is 17.6. The van der Waals surface area contributed by atoms with Crippen molar-refractivity contribution in [2.24, 2.45) is 0 Å². The summed E-state index contributed by atoms with van der Waals surface area (Å²) in [6.45, 7) is 1.90. The molecule has 7 nitrogen and oxygen atoms in total. The van der Waals surface area contributed by atoms with Gasteiger partial charge in [0.1, 0.15) is 5.82 Å². The van der Waals surface area contributed by atoms with E-state index in [9.17, 15) is 14.5 Å². The minimum Gasteiger partial charge on any atom is -0.376 e. The molecule has 0 radical (unpaired) electrons. The summed E-state index contributed by atoms with van der Waals surface area (Å²) in [5.74, 6) is 0.242. The maximum atomic E-state index is 13.5. The second-order valence-corrected chi connectivity index (χ2v) is 5.14. The Kier molecular flexibility index (Phi) is 4.19. The molecule has 0 aliphatic carbocycles. The van der Waals surface area contributed by atoms with E-state index in [1.807, 2.05) is 0 Å². The molecule has 0 fully saturated rings. The van der Waals surface area contributed by atoms with Gasteiger partial charge in [0.2, 0.25) is 11.7 Å². The maximum absolute atomic E-state index is 13.5. The Morgan fingerprint density at radius 3 is 2.88 bits per heavy atom. The van der Waals surface area contributed by atoms with E-state index in [1.165, 1.54) is 18.2 Å². The van der Waals surface area contributed by atoms with Crippen LogP contribution in [0.1, 0.15) is 11.5 Å². The van der Waals surface area contributed by atoms with Gasteiger partial charge in [0, 0.05) is 23.4 Å². The Morgan fingerprint density at radius 1 is 1.29 bits per heavy atom. The number of nitrogens with one attached hydrogen (secondary N) is 1. The maximum Gasteiger partial charge on any atom is 0.270 e. The first-order valence-electron chi connectivity index (χ1n) is 7.10. The Balaban J connectivity index is 1.72. The van der Waals surface area contributed by atoms with E-state index < -0.39 is 4.92 Å². The molecule has 122 valence electrons. The first-order valence-corrected chi connectivity index (χ1v) is 7.10. The zero-order chi connectivity index (χ0) is 17.1. The number of anilines is 1. The Labute approximate surface area is 136 Å². The number of hydrogen-bond acceptors (Lipinski definition) is 6. The topological polar surface area (TPSA) is 94.1 Å². The number of benzene rings is 2. The van der Waals surface area contributed by atoms with Crippen LogP contribution in [0.5, 0.6) is 0 Å². The molecule has 8 heteroatoms. The number of nitrogens with zero attached hydrogens (tertiary/aromatic N) is 3. The predicted octanol–water partition coefficient (Wildman–Crippen LogP) is 3.70. The van der Waals surface area contributed by atoms with Crippen molar-refractivity contribution in [3.05, 3.63) is 69.9 Å². The third kappa shape index (κ3) is 3.37. The lowest BCUT2D eigenvalue weighted by atomic mass is 10.2. The highest BCUT2D eigenvalue weighted by Gasteiger charge is 2.12. The summed E-state index contributed by atoms with van der Waals surface area (Å²) in [7, 11) is 0. The van der Waals surface area contributed by atoms with Gasteiger partial charge >= 0.3 is 0 Å². The third-order valence-electron chi connectivity index (χ3n) is 3.40. The molecule has 0 aliphatic heterocycles. The van der Waals surface area contributed by atoms with Crippen molar-refractivity contribution in [3.8, 4) is 11.4 Å². The summed E-state index contributed by atoms with van der Waals surface area (Å²) >= 11 is 0. The van der Waals surface area contributed by atoms with Crippen LogP contribution < -0.4 is 5.32 Å². The molecule has 0 saturated carbocycles. The van der Waals surface area contributed by atoms with Gasteiger partial charge in [-0.1, -0.05) is 23.4 Å². The summed E-state index contributed by atoms with van der Waals surface area (Å²) in [6, 6.07) is 10.8. The first kappa shape index (κ1) is 15.6. The zero-order valence-corrected chi connectivity index (χ0v) is 12.7. The van der Waals surface area contributed by atoms with Gasteiger partial charge in [0.25, 0.3) is 5.69 Å². The van der Waals surface area contributed by atoms with Crippen LogP contribution in [0.3, 0.4) is 0 Å². The van der Waals surface area contributed by atoms with Crippen molar-refractivity contribution < 1.29 is 13.8 Å². The lowest BCUT2D eigenvalue weighted by Crippen LogP contribution is -2.00. The molecule has 0 amide bonds. The van der Waals surface area contributed by atoms with Gasteiger partial charge in [0.15, 0.2) is 0 Å². The third-order valence-corrected chi connectivity index (χ3v) is 3.40. The highest BCUT2D eigenvalue weighted by atomic mass is 19.1. The number of halogens is 1. The fourth-order valence-electron chi connectivity index (χ4n) is 2.08. The minimum atomic E-state index is -0.488. The highest BCUT2D eigenvalue weighted by Crippen LogP contribution is 2.21. The van der Waals surface area contributed by atoms with Crippen LogP contribution in [-0.4, -0.2) is 15.1 Å². The second kappa shape index (κ2) is 6.45. The van der Waals surface area contributed by atoms with E-state index in [4.69, 9.17) is 4.52 Å². The fraction of sp³-hybridized carbons (Fsp3) is 0.125. The minimum absolute atomic E-state index is 0.0490. The number of nitro benzene ring substituents is 1.